The van der Waals surface area contributed by atoms with Gasteiger partial charge < -0.3 is 10.2 Å². The zero-order valence-corrected chi connectivity index (χ0v) is 19.5. The quantitative estimate of drug-likeness (QED) is 0.537. The minimum Gasteiger partial charge on any atom is -0.380 e. The van der Waals surface area contributed by atoms with Gasteiger partial charge in [-0.25, -0.2) is 4.39 Å². The van der Waals surface area contributed by atoms with Crippen LogP contribution in [0.3, 0.4) is 0 Å². The molecule has 0 radical (unpaired) electrons. The molecule has 0 saturated carbocycles. The van der Waals surface area contributed by atoms with Crippen molar-refractivity contribution in [1.82, 2.24) is 9.88 Å². The number of carbonyl (C=O) groups is 1. The van der Waals surface area contributed by atoms with Gasteiger partial charge in [0.05, 0.1) is 17.6 Å². The zero-order valence-electron chi connectivity index (χ0n) is 18.0. The van der Waals surface area contributed by atoms with Crippen molar-refractivity contribution < 1.29 is 22.4 Å². The number of thioether (sulfide) groups is 1. The van der Waals surface area contributed by atoms with Gasteiger partial charge in [-0.1, -0.05) is 11.6 Å². The summed E-state index contributed by atoms with van der Waals surface area (Å²) in [5, 5.41) is 3.54. The number of alkyl halides is 3. The molecule has 2 atom stereocenters. The fourth-order valence-corrected chi connectivity index (χ4v) is 5.92. The lowest BCUT2D eigenvalue weighted by atomic mass is 9.99. The average molecular weight is 502 g/mol. The summed E-state index contributed by atoms with van der Waals surface area (Å²) in [7, 11) is 1.20. The van der Waals surface area contributed by atoms with Crippen LogP contribution in [0, 0.1) is 11.7 Å². The predicted octanol–water partition coefficient (Wildman–Crippen LogP) is 5.66. The largest absolute Gasteiger partial charge is 0.414 e. The fourth-order valence-electron chi connectivity index (χ4n) is 4.59. The third-order valence-corrected chi connectivity index (χ3v) is 7.49. The van der Waals surface area contributed by atoms with Gasteiger partial charge in [0.25, 0.3) is 0 Å². The van der Waals surface area contributed by atoms with Crippen molar-refractivity contribution in [2.24, 2.45) is 5.92 Å². The van der Waals surface area contributed by atoms with Crippen molar-refractivity contribution in [3.05, 3.63) is 58.1 Å². The van der Waals surface area contributed by atoms with E-state index in [0.29, 0.717) is 42.0 Å². The molecule has 1 fully saturated rings. The Balaban J connectivity index is 1.47. The van der Waals surface area contributed by atoms with Gasteiger partial charge >= 0.3 is 6.18 Å². The normalized spacial score (nSPS) is 19.8. The van der Waals surface area contributed by atoms with Crippen molar-refractivity contribution in [2.45, 2.75) is 43.9 Å². The zero-order chi connectivity index (χ0) is 23.8. The molecule has 4 rings (SSSR count). The first-order valence-electron chi connectivity index (χ1n) is 10.7. The Morgan fingerprint density at radius 2 is 1.97 bits per heavy atom. The summed E-state index contributed by atoms with van der Waals surface area (Å²) in [6.45, 7) is 0. The molecule has 1 N–H and O–H groups in total. The highest BCUT2D eigenvalue weighted by molar-refractivity contribution is 7.99. The second-order valence-corrected chi connectivity index (χ2v) is 10.2. The van der Waals surface area contributed by atoms with Crippen molar-refractivity contribution >= 4 is 35.0 Å². The number of rotatable bonds is 5. The lowest BCUT2D eigenvalue weighted by molar-refractivity contribution is -0.191. The molecule has 178 valence electrons. The summed E-state index contributed by atoms with van der Waals surface area (Å²) in [6, 6.07) is 3.59. The molecule has 10 heteroatoms. The van der Waals surface area contributed by atoms with E-state index in [0.717, 1.165) is 22.0 Å². The van der Waals surface area contributed by atoms with Gasteiger partial charge in [0, 0.05) is 24.0 Å². The smallest absolute Gasteiger partial charge is 0.380 e. The summed E-state index contributed by atoms with van der Waals surface area (Å²) in [5.74, 6) is 0.319. The van der Waals surface area contributed by atoms with E-state index in [1.165, 1.54) is 31.4 Å². The number of benzene rings is 1. The monoisotopic (exact) mass is 501 g/mol. The summed E-state index contributed by atoms with van der Waals surface area (Å²) >= 11 is 7.64. The Hall–Kier alpha value is -2.00. The third kappa shape index (κ3) is 5.40. The topological polar surface area (TPSA) is 45.2 Å². The number of hydrogen-bond donors (Lipinski definition) is 1. The van der Waals surface area contributed by atoms with Crippen molar-refractivity contribution in [2.75, 3.05) is 23.9 Å². The van der Waals surface area contributed by atoms with E-state index in [-0.39, 0.29) is 23.5 Å². The van der Waals surface area contributed by atoms with Crippen LogP contribution < -0.4 is 5.32 Å². The molecule has 4 nitrogen and oxygen atoms in total. The van der Waals surface area contributed by atoms with Crippen LogP contribution in [-0.4, -0.2) is 46.6 Å². The molecule has 1 aromatic carbocycles. The van der Waals surface area contributed by atoms with E-state index in [2.05, 4.69) is 10.3 Å². The Bertz CT molecular complexity index is 1010. The highest BCUT2D eigenvalue weighted by Gasteiger charge is 2.47. The van der Waals surface area contributed by atoms with Gasteiger partial charge in [-0.3, -0.25) is 9.78 Å². The van der Waals surface area contributed by atoms with Crippen LogP contribution in [0.4, 0.5) is 23.2 Å². The van der Waals surface area contributed by atoms with E-state index in [4.69, 9.17) is 11.6 Å². The van der Waals surface area contributed by atoms with Crippen LogP contribution in [0.25, 0.3) is 0 Å². The SMILES string of the molecule is CN(C(=O)C1CCSCC1)C(c1ccc(NC2Cc3cc(Cl)cc(F)c3C2)cn1)C(F)(F)F. The van der Waals surface area contributed by atoms with E-state index in [1.54, 1.807) is 17.8 Å². The molecule has 1 aliphatic heterocycles. The number of hydrogen-bond acceptors (Lipinski definition) is 4. The highest BCUT2D eigenvalue weighted by Crippen LogP contribution is 2.38. The van der Waals surface area contributed by atoms with Crippen LogP contribution in [0.2, 0.25) is 5.02 Å². The molecule has 2 heterocycles. The number of fused-ring (bicyclic) bond motifs is 1. The maximum Gasteiger partial charge on any atom is 0.414 e. The molecule has 1 saturated heterocycles. The van der Waals surface area contributed by atoms with Crippen LogP contribution >= 0.6 is 23.4 Å². The van der Waals surface area contributed by atoms with Gasteiger partial charge in [0.1, 0.15) is 5.82 Å². The van der Waals surface area contributed by atoms with E-state index >= 15 is 0 Å². The number of nitrogens with zero attached hydrogens (tertiary/aromatic N) is 2. The predicted molar refractivity (Wildman–Crippen MR) is 122 cm³/mol. The van der Waals surface area contributed by atoms with Crippen molar-refractivity contribution in [1.29, 1.82) is 0 Å². The number of anilines is 1. The fraction of sp³-hybridized carbons (Fsp3) is 0.478. The van der Waals surface area contributed by atoms with Crippen LogP contribution in [-0.2, 0) is 17.6 Å². The summed E-state index contributed by atoms with van der Waals surface area (Å²) < 4.78 is 55.9. The second-order valence-electron chi connectivity index (χ2n) is 8.53. The molecule has 2 aromatic rings. The summed E-state index contributed by atoms with van der Waals surface area (Å²) in [5.41, 5.74) is 1.71. The molecule has 1 aliphatic carbocycles. The van der Waals surface area contributed by atoms with Crippen molar-refractivity contribution in [3.8, 4) is 0 Å². The van der Waals surface area contributed by atoms with E-state index < -0.39 is 18.1 Å². The minimum absolute atomic E-state index is 0.118. The van der Waals surface area contributed by atoms with Gasteiger partial charge in [-0.2, -0.15) is 24.9 Å². The highest BCUT2D eigenvalue weighted by atomic mass is 35.5. The van der Waals surface area contributed by atoms with Crippen LogP contribution in [0.5, 0.6) is 0 Å². The van der Waals surface area contributed by atoms with Crippen LogP contribution in [0.1, 0.15) is 35.7 Å². The Labute approximate surface area is 199 Å². The molecule has 0 bridgehead atoms. The summed E-state index contributed by atoms with van der Waals surface area (Å²) in [4.78, 5) is 17.6. The molecule has 0 spiro atoms. The average Bonchev–Trinajstić information content (AvgIpc) is 3.17. The molecule has 1 aromatic heterocycles. The van der Waals surface area contributed by atoms with Crippen LogP contribution in [0.15, 0.2) is 30.5 Å². The molecule has 2 aliphatic rings. The number of pyridine rings is 1. The van der Waals surface area contributed by atoms with Gasteiger partial charge in [0.2, 0.25) is 5.91 Å². The van der Waals surface area contributed by atoms with Gasteiger partial charge in [0.15, 0.2) is 6.04 Å². The second kappa shape index (κ2) is 9.70. The lowest BCUT2D eigenvalue weighted by Crippen LogP contribution is -2.43. The third-order valence-electron chi connectivity index (χ3n) is 6.22. The number of halogens is 5. The summed E-state index contributed by atoms with van der Waals surface area (Å²) in [6.07, 6.45) is -1.15. The molecular formula is C23H24ClF4N3OS. The Morgan fingerprint density at radius 1 is 1.24 bits per heavy atom. The number of aromatic nitrogens is 1. The molecular weight excluding hydrogens is 478 g/mol. The number of amides is 1. The Kier molecular flexibility index (Phi) is 7.09. The lowest BCUT2D eigenvalue weighted by Gasteiger charge is -2.33. The minimum atomic E-state index is -4.65. The molecule has 1 amide bonds. The van der Waals surface area contributed by atoms with E-state index in [9.17, 15) is 22.4 Å². The number of carbonyl (C=O) groups excluding carboxylic acids is 1. The Morgan fingerprint density at radius 3 is 2.61 bits per heavy atom. The van der Waals surface area contributed by atoms with Gasteiger partial charge in [-0.15, -0.1) is 0 Å². The first-order valence-corrected chi connectivity index (χ1v) is 12.3. The van der Waals surface area contributed by atoms with Gasteiger partial charge in [-0.05, 0) is 72.6 Å². The first kappa shape index (κ1) is 24.1. The maximum absolute atomic E-state index is 14.1. The molecule has 33 heavy (non-hydrogen) atoms. The van der Waals surface area contributed by atoms with E-state index in [1.807, 2.05) is 0 Å². The molecule has 2 unspecified atom stereocenters. The standard InChI is InChI=1S/C23H24ClF4N3OS/c1-31(22(32)13-4-6-33-7-5-13)21(23(26,27)28)20-3-2-16(12-29-20)30-17-9-14-8-15(24)10-19(25)18(14)11-17/h2-3,8,10,12-13,17,21,30H,4-7,9,11H2,1H3. The van der Waals surface area contributed by atoms with Crippen molar-refractivity contribution in [3.63, 3.8) is 0 Å². The maximum atomic E-state index is 14.1. The first-order chi connectivity index (χ1) is 15.6. The number of nitrogens with one attached hydrogen (secondary N) is 1.